The van der Waals surface area contributed by atoms with Crippen LogP contribution >= 0.6 is 0 Å². The third-order valence-corrected chi connectivity index (χ3v) is 3.65. The fourth-order valence-corrected chi connectivity index (χ4v) is 1.99. The maximum atomic E-state index is 3.65. The zero-order valence-corrected chi connectivity index (χ0v) is 12.9. The summed E-state index contributed by atoms with van der Waals surface area (Å²) in [4.78, 5) is 0. The lowest BCUT2D eigenvalue weighted by molar-refractivity contribution is 0.255. The summed E-state index contributed by atoms with van der Waals surface area (Å²) in [6, 6.07) is 8.95. The van der Waals surface area contributed by atoms with E-state index in [0.717, 1.165) is 13.0 Å². The van der Waals surface area contributed by atoms with Gasteiger partial charge in [0, 0.05) is 12.1 Å². The molecule has 102 valence electrons. The zero-order chi connectivity index (χ0) is 13.8. The van der Waals surface area contributed by atoms with Gasteiger partial charge >= 0.3 is 0 Å². The smallest absolute Gasteiger partial charge is 0.00967 e. The van der Waals surface area contributed by atoms with Crippen LogP contribution in [0.2, 0.25) is 0 Å². The lowest BCUT2D eigenvalue weighted by Gasteiger charge is -2.33. The Morgan fingerprint density at radius 3 is 2.00 bits per heavy atom. The molecule has 1 atom stereocenters. The molecule has 1 heteroatoms. The van der Waals surface area contributed by atoms with Crippen molar-refractivity contribution < 1.29 is 0 Å². The maximum Gasteiger partial charge on any atom is 0.00967 e. The highest BCUT2D eigenvalue weighted by Gasteiger charge is 2.24. The quantitative estimate of drug-likeness (QED) is 0.816. The Labute approximate surface area is 113 Å². The summed E-state index contributed by atoms with van der Waals surface area (Å²) < 4.78 is 0. The highest BCUT2D eigenvalue weighted by Crippen LogP contribution is 2.26. The molecular formula is C17H29N. The first-order valence-electron chi connectivity index (χ1n) is 7.05. The number of hydrogen-bond donors (Lipinski definition) is 1. The predicted octanol–water partition coefficient (Wildman–Crippen LogP) is 4.34. The second-order valence-electron chi connectivity index (χ2n) is 6.93. The Bertz CT molecular complexity index is 358. The molecule has 0 fully saturated rings. The molecule has 1 unspecified atom stereocenters. The SMILES string of the molecule is CCC(C)(CNC(C)(C)C)Cc1ccc(C)cc1. The van der Waals surface area contributed by atoms with E-state index in [0.29, 0.717) is 5.41 Å². The molecule has 0 saturated heterocycles. The van der Waals surface area contributed by atoms with E-state index in [-0.39, 0.29) is 5.54 Å². The summed E-state index contributed by atoms with van der Waals surface area (Å²) in [5.74, 6) is 0. The van der Waals surface area contributed by atoms with Gasteiger partial charge in [0.1, 0.15) is 0 Å². The highest BCUT2D eigenvalue weighted by molar-refractivity contribution is 5.22. The first-order chi connectivity index (χ1) is 8.24. The molecule has 1 aromatic rings. The molecule has 1 N–H and O–H groups in total. The fourth-order valence-electron chi connectivity index (χ4n) is 1.99. The molecule has 0 spiro atoms. The molecule has 1 aromatic carbocycles. The maximum absolute atomic E-state index is 3.65. The number of aryl methyl sites for hydroxylation is 1. The molecule has 0 bridgehead atoms. The molecule has 0 aliphatic heterocycles. The van der Waals surface area contributed by atoms with E-state index in [1.165, 1.54) is 17.5 Å². The summed E-state index contributed by atoms with van der Waals surface area (Å²) in [6.45, 7) is 14.6. The van der Waals surface area contributed by atoms with Gasteiger partial charge in [0.15, 0.2) is 0 Å². The molecule has 18 heavy (non-hydrogen) atoms. The summed E-state index contributed by atoms with van der Waals surface area (Å²) >= 11 is 0. The summed E-state index contributed by atoms with van der Waals surface area (Å²) in [5.41, 5.74) is 3.32. The van der Waals surface area contributed by atoms with Crippen molar-refractivity contribution in [3.8, 4) is 0 Å². The zero-order valence-electron chi connectivity index (χ0n) is 12.9. The fraction of sp³-hybridized carbons (Fsp3) is 0.647. The summed E-state index contributed by atoms with van der Waals surface area (Å²) in [7, 11) is 0. The van der Waals surface area contributed by atoms with Crippen LogP contribution in [0.3, 0.4) is 0 Å². The van der Waals surface area contributed by atoms with Crippen LogP contribution in [0.4, 0.5) is 0 Å². The molecular weight excluding hydrogens is 218 g/mol. The van der Waals surface area contributed by atoms with Crippen LogP contribution < -0.4 is 5.32 Å². The van der Waals surface area contributed by atoms with Gasteiger partial charge in [-0.25, -0.2) is 0 Å². The average molecular weight is 247 g/mol. The minimum absolute atomic E-state index is 0.198. The normalized spacial score (nSPS) is 15.4. The number of nitrogens with one attached hydrogen (secondary N) is 1. The van der Waals surface area contributed by atoms with Crippen molar-refractivity contribution in [3.63, 3.8) is 0 Å². The summed E-state index contributed by atoms with van der Waals surface area (Å²) in [5, 5.41) is 3.65. The van der Waals surface area contributed by atoms with E-state index in [9.17, 15) is 0 Å². The first-order valence-corrected chi connectivity index (χ1v) is 7.05. The number of benzene rings is 1. The minimum Gasteiger partial charge on any atom is -0.312 e. The van der Waals surface area contributed by atoms with Gasteiger partial charge in [-0.2, -0.15) is 0 Å². The van der Waals surface area contributed by atoms with Crippen molar-refractivity contribution in [1.29, 1.82) is 0 Å². The van der Waals surface area contributed by atoms with Gasteiger partial charge < -0.3 is 5.32 Å². The Balaban J connectivity index is 2.67. The lowest BCUT2D eigenvalue weighted by Crippen LogP contribution is -2.43. The lowest BCUT2D eigenvalue weighted by atomic mass is 9.80. The topological polar surface area (TPSA) is 12.0 Å². The van der Waals surface area contributed by atoms with E-state index < -0.39 is 0 Å². The van der Waals surface area contributed by atoms with Crippen LogP contribution in [0.15, 0.2) is 24.3 Å². The first kappa shape index (κ1) is 15.2. The number of rotatable bonds is 5. The standard InChI is InChI=1S/C17H29N/c1-7-17(6,13-18-16(3,4)5)12-15-10-8-14(2)9-11-15/h8-11,18H,7,12-13H2,1-6H3. The number of hydrogen-bond acceptors (Lipinski definition) is 1. The minimum atomic E-state index is 0.198. The van der Waals surface area contributed by atoms with Crippen LogP contribution in [0.5, 0.6) is 0 Å². The third kappa shape index (κ3) is 5.22. The Hall–Kier alpha value is -0.820. The van der Waals surface area contributed by atoms with Crippen LogP contribution in [-0.2, 0) is 6.42 Å². The van der Waals surface area contributed by atoms with Gasteiger partial charge in [0.2, 0.25) is 0 Å². The van der Waals surface area contributed by atoms with E-state index in [4.69, 9.17) is 0 Å². The average Bonchev–Trinajstić information content (AvgIpc) is 2.29. The van der Waals surface area contributed by atoms with Crippen LogP contribution in [0.25, 0.3) is 0 Å². The van der Waals surface area contributed by atoms with Gasteiger partial charge in [-0.15, -0.1) is 0 Å². The molecule has 0 aromatic heterocycles. The molecule has 0 heterocycles. The molecule has 0 aliphatic carbocycles. The van der Waals surface area contributed by atoms with Crippen molar-refractivity contribution in [3.05, 3.63) is 35.4 Å². The summed E-state index contributed by atoms with van der Waals surface area (Å²) in [6.07, 6.45) is 2.34. The predicted molar refractivity (Wildman–Crippen MR) is 81.0 cm³/mol. The van der Waals surface area contributed by atoms with E-state index in [2.05, 4.69) is 71.1 Å². The second kappa shape index (κ2) is 5.88. The third-order valence-electron chi connectivity index (χ3n) is 3.65. The van der Waals surface area contributed by atoms with Gasteiger partial charge in [-0.05, 0) is 51.5 Å². The second-order valence-corrected chi connectivity index (χ2v) is 6.93. The van der Waals surface area contributed by atoms with Gasteiger partial charge in [-0.1, -0.05) is 43.7 Å². The monoisotopic (exact) mass is 247 g/mol. The van der Waals surface area contributed by atoms with Crippen LogP contribution in [-0.4, -0.2) is 12.1 Å². The van der Waals surface area contributed by atoms with Crippen LogP contribution in [0, 0.1) is 12.3 Å². The van der Waals surface area contributed by atoms with Crippen molar-refractivity contribution in [2.45, 2.75) is 59.9 Å². The van der Waals surface area contributed by atoms with Crippen LogP contribution in [0.1, 0.15) is 52.2 Å². The van der Waals surface area contributed by atoms with Gasteiger partial charge in [0.25, 0.3) is 0 Å². The van der Waals surface area contributed by atoms with E-state index >= 15 is 0 Å². The van der Waals surface area contributed by atoms with Crippen molar-refractivity contribution in [1.82, 2.24) is 5.32 Å². The van der Waals surface area contributed by atoms with Gasteiger partial charge in [0.05, 0.1) is 0 Å². The molecule has 1 nitrogen and oxygen atoms in total. The van der Waals surface area contributed by atoms with Crippen molar-refractivity contribution in [2.24, 2.45) is 5.41 Å². The van der Waals surface area contributed by atoms with Gasteiger partial charge in [-0.3, -0.25) is 0 Å². The Kier molecular flexibility index (Phi) is 4.98. The molecule has 0 amide bonds. The molecule has 0 saturated carbocycles. The highest BCUT2D eigenvalue weighted by atomic mass is 15.0. The molecule has 1 rings (SSSR count). The van der Waals surface area contributed by atoms with E-state index in [1.807, 2.05) is 0 Å². The van der Waals surface area contributed by atoms with E-state index in [1.54, 1.807) is 0 Å². The van der Waals surface area contributed by atoms with Crippen molar-refractivity contribution >= 4 is 0 Å². The molecule has 0 radical (unpaired) electrons. The van der Waals surface area contributed by atoms with Crippen molar-refractivity contribution in [2.75, 3.05) is 6.54 Å². The Morgan fingerprint density at radius 2 is 1.56 bits per heavy atom. The largest absolute Gasteiger partial charge is 0.312 e. The molecule has 0 aliphatic rings. The Morgan fingerprint density at radius 1 is 1.00 bits per heavy atom.